The molecular formula is C30H37N7O3. The van der Waals surface area contributed by atoms with Crippen molar-refractivity contribution in [1.29, 1.82) is 0 Å². The number of nitrogens with zero attached hydrogens (tertiary/aromatic N) is 6. The number of amides is 1. The monoisotopic (exact) mass is 543 g/mol. The molecule has 1 N–H and O–H groups in total. The van der Waals surface area contributed by atoms with Crippen LogP contribution in [0.3, 0.4) is 0 Å². The molecule has 3 atom stereocenters. The predicted octanol–water partition coefficient (Wildman–Crippen LogP) is 5.63. The van der Waals surface area contributed by atoms with Gasteiger partial charge in [-0.3, -0.25) is 9.88 Å². The molecule has 10 heteroatoms. The molecule has 10 nitrogen and oxygen atoms in total. The minimum absolute atomic E-state index is 0.0319. The average molecular weight is 544 g/mol. The summed E-state index contributed by atoms with van der Waals surface area (Å²) in [5.41, 5.74) is 2.16. The largest absolute Gasteiger partial charge is 0.447 e. The predicted molar refractivity (Wildman–Crippen MR) is 154 cm³/mol. The molecule has 0 spiro atoms. The molecular weight excluding hydrogens is 506 g/mol. The lowest BCUT2D eigenvalue weighted by atomic mass is 9.73. The second kappa shape index (κ2) is 9.12. The molecule has 2 saturated heterocycles. The molecule has 40 heavy (non-hydrogen) atoms. The average Bonchev–Trinajstić information content (AvgIpc) is 3.36. The number of cyclic esters (lactones) is 1. The highest BCUT2D eigenvalue weighted by atomic mass is 16.6. The maximum absolute atomic E-state index is 12.5. The number of hydrogen-bond donors (Lipinski definition) is 1. The highest BCUT2D eigenvalue weighted by Crippen LogP contribution is 2.53. The van der Waals surface area contributed by atoms with Gasteiger partial charge in [-0.05, 0) is 51.5 Å². The lowest BCUT2D eigenvalue weighted by molar-refractivity contribution is -0.0893. The summed E-state index contributed by atoms with van der Waals surface area (Å²) >= 11 is 0. The van der Waals surface area contributed by atoms with E-state index >= 15 is 0 Å². The standard InChI is InChI=1S/C30H37N7O3/c1-18-16-39-27(38)36(18)23-9-8-10-24(34-23)37-22-13-29(5,6)40-17-30(22,7)20-15-32-26(35-25(20)37)33-19-11-12-21(31-14-19)28(2,3)4/h8-12,14-15,18,22H,13,16-17H2,1-7H3,(H,32,33,35)/t18-,22-,30-/m0/s1. The van der Waals surface area contributed by atoms with Gasteiger partial charge in [-0.1, -0.05) is 33.8 Å². The van der Waals surface area contributed by atoms with Crippen molar-refractivity contribution in [2.24, 2.45) is 0 Å². The molecule has 3 aromatic heterocycles. The Hall–Kier alpha value is -3.79. The van der Waals surface area contributed by atoms with E-state index in [1.54, 1.807) is 4.90 Å². The Morgan fingerprint density at radius 2 is 1.75 bits per heavy atom. The number of pyridine rings is 2. The van der Waals surface area contributed by atoms with Crippen LogP contribution in [0.1, 0.15) is 66.1 Å². The van der Waals surface area contributed by atoms with Crippen LogP contribution in [-0.4, -0.2) is 56.9 Å². The third kappa shape index (κ3) is 4.44. The third-order valence-corrected chi connectivity index (χ3v) is 8.19. The SMILES string of the molecule is C[C@H]1COC(=O)N1c1cccc(N2c3nc(Nc4ccc(C(C)(C)C)nc4)ncc3[C@]3(C)COC(C)(C)C[C@H]23)n1. The number of rotatable bonds is 4. The van der Waals surface area contributed by atoms with E-state index in [9.17, 15) is 4.79 Å². The minimum atomic E-state index is -0.379. The van der Waals surface area contributed by atoms with Gasteiger partial charge in [0.15, 0.2) is 0 Å². The molecule has 1 amide bonds. The maximum Gasteiger partial charge on any atom is 0.415 e. The smallest absolute Gasteiger partial charge is 0.415 e. The van der Waals surface area contributed by atoms with E-state index in [1.165, 1.54) is 0 Å². The molecule has 0 radical (unpaired) electrons. The first-order chi connectivity index (χ1) is 18.9. The van der Waals surface area contributed by atoms with Crippen LogP contribution in [0.25, 0.3) is 0 Å². The molecule has 3 aromatic rings. The number of ether oxygens (including phenoxy) is 2. The number of fused-ring (bicyclic) bond motifs is 3. The van der Waals surface area contributed by atoms with Crippen molar-refractivity contribution in [2.75, 3.05) is 28.3 Å². The second-order valence-electron chi connectivity index (χ2n) is 12.9. The van der Waals surface area contributed by atoms with Crippen molar-refractivity contribution in [3.05, 3.63) is 54.0 Å². The summed E-state index contributed by atoms with van der Waals surface area (Å²) in [4.78, 5) is 35.6. The molecule has 6 rings (SSSR count). The normalized spacial score (nSPS) is 25.4. The van der Waals surface area contributed by atoms with Gasteiger partial charge in [0.25, 0.3) is 0 Å². The third-order valence-electron chi connectivity index (χ3n) is 8.19. The topological polar surface area (TPSA) is 106 Å². The van der Waals surface area contributed by atoms with Crippen molar-refractivity contribution >= 4 is 35.2 Å². The van der Waals surface area contributed by atoms with Gasteiger partial charge in [0, 0.05) is 28.3 Å². The molecule has 0 aromatic carbocycles. The number of carbonyl (C=O) groups is 1. The minimum Gasteiger partial charge on any atom is -0.447 e. The Kier molecular flexibility index (Phi) is 6.03. The van der Waals surface area contributed by atoms with Gasteiger partial charge >= 0.3 is 6.09 Å². The highest BCUT2D eigenvalue weighted by Gasteiger charge is 2.55. The van der Waals surface area contributed by atoms with Gasteiger partial charge < -0.3 is 19.7 Å². The molecule has 3 aliphatic rings. The van der Waals surface area contributed by atoms with Crippen LogP contribution in [0, 0.1) is 0 Å². The van der Waals surface area contributed by atoms with Gasteiger partial charge in [0.2, 0.25) is 5.95 Å². The molecule has 0 saturated carbocycles. The van der Waals surface area contributed by atoms with Crippen molar-refractivity contribution in [1.82, 2.24) is 19.9 Å². The Morgan fingerprint density at radius 1 is 1.00 bits per heavy atom. The zero-order valence-electron chi connectivity index (χ0n) is 24.2. The van der Waals surface area contributed by atoms with E-state index in [0.29, 0.717) is 25.0 Å². The molecule has 0 aliphatic carbocycles. The van der Waals surface area contributed by atoms with Crippen LogP contribution in [-0.2, 0) is 20.3 Å². The number of carbonyl (C=O) groups excluding carboxylic acids is 1. The molecule has 210 valence electrons. The Bertz CT molecular complexity index is 1450. The fraction of sp³-hybridized carbons (Fsp3) is 0.500. The summed E-state index contributed by atoms with van der Waals surface area (Å²) in [6.45, 7) is 15.7. The van der Waals surface area contributed by atoms with E-state index in [2.05, 4.69) is 56.7 Å². The van der Waals surface area contributed by atoms with Gasteiger partial charge in [-0.15, -0.1) is 0 Å². The first-order valence-corrected chi connectivity index (χ1v) is 13.8. The van der Waals surface area contributed by atoms with E-state index in [-0.39, 0.29) is 34.6 Å². The summed E-state index contributed by atoms with van der Waals surface area (Å²) in [6.07, 6.45) is 4.11. The first-order valence-electron chi connectivity index (χ1n) is 13.8. The summed E-state index contributed by atoms with van der Waals surface area (Å²) in [7, 11) is 0. The van der Waals surface area contributed by atoms with Crippen LogP contribution in [0.2, 0.25) is 0 Å². The van der Waals surface area contributed by atoms with Gasteiger partial charge in [0.1, 0.15) is 24.1 Å². The molecule has 2 fully saturated rings. The Balaban J connectivity index is 1.40. The Labute approximate surface area is 235 Å². The molecule has 0 unspecified atom stereocenters. The van der Waals surface area contributed by atoms with Crippen LogP contribution >= 0.6 is 0 Å². The second-order valence-corrected chi connectivity index (χ2v) is 12.9. The van der Waals surface area contributed by atoms with Crippen molar-refractivity contribution in [2.45, 2.75) is 83.4 Å². The van der Waals surface area contributed by atoms with Crippen molar-refractivity contribution in [3.8, 4) is 0 Å². The molecule has 3 aliphatic heterocycles. The zero-order chi connectivity index (χ0) is 28.4. The lowest BCUT2D eigenvalue weighted by Gasteiger charge is -2.46. The number of aromatic nitrogens is 4. The van der Waals surface area contributed by atoms with Gasteiger partial charge in [-0.25, -0.2) is 14.8 Å². The number of nitrogens with one attached hydrogen (secondary N) is 1. The summed E-state index contributed by atoms with van der Waals surface area (Å²) in [6, 6.07) is 9.71. The van der Waals surface area contributed by atoms with Crippen LogP contribution in [0.15, 0.2) is 42.7 Å². The van der Waals surface area contributed by atoms with Crippen LogP contribution < -0.4 is 15.1 Å². The fourth-order valence-corrected chi connectivity index (χ4v) is 5.82. The quantitative estimate of drug-likeness (QED) is 0.448. The maximum atomic E-state index is 12.5. The summed E-state index contributed by atoms with van der Waals surface area (Å²) in [5.74, 6) is 2.54. The van der Waals surface area contributed by atoms with E-state index in [0.717, 1.165) is 35.0 Å². The highest BCUT2D eigenvalue weighted by molar-refractivity contribution is 5.89. The zero-order valence-corrected chi connectivity index (χ0v) is 24.2. The summed E-state index contributed by atoms with van der Waals surface area (Å²) < 4.78 is 11.6. The first kappa shape index (κ1) is 26.4. The van der Waals surface area contributed by atoms with Crippen molar-refractivity contribution < 1.29 is 14.3 Å². The van der Waals surface area contributed by atoms with Crippen LogP contribution in [0.4, 0.5) is 33.9 Å². The van der Waals surface area contributed by atoms with Gasteiger partial charge in [-0.2, -0.15) is 4.98 Å². The fourth-order valence-electron chi connectivity index (χ4n) is 5.82. The van der Waals surface area contributed by atoms with E-state index in [4.69, 9.17) is 24.4 Å². The molecule has 6 heterocycles. The van der Waals surface area contributed by atoms with E-state index in [1.807, 2.05) is 49.6 Å². The van der Waals surface area contributed by atoms with Crippen molar-refractivity contribution in [3.63, 3.8) is 0 Å². The lowest BCUT2D eigenvalue weighted by Crippen LogP contribution is -2.54. The van der Waals surface area contributed by atoms with E-state index < -0.39 is 0 Å². The number of anilines is 5. The van der Waals surface area contributed by atoms with Crippen LogP contribution in [0.5, 0.6) is 0 Å². The van der Waals surface area contributed by atoms with Gasteiger partial charge in [0.05, 0.1) is 36.2 Å². The summed E-state index contributed by atoms with van der Waals surface area (Å²) in [5, 5.41) is 3.33. The number of hydrogen-bond acceptors (Lipinski definition) is 9. The Morgan fingerprint density at radius 3 is 2.40 bits per heavy atom. The molecule has 0 bridgehead atoms.